The molecule has 1 saturated heterocycles. The highest BCUT2D eigenvalue weighted by molar-refractivity contribution is 7.90. The SMILES string of the molecule is CN(CCN1CCOCC1)S(=O)(=O)C(F)(F)CC(F)(F)C(F)(F)F. The summed E-state index contributed by atoms with van der Waals surface area (Å²) in [5.41, 5.74) is 0. The number of alkyl halides is 7. The summed E-state index contributed by atoms with van der Waals surface area (Å²) in [5.74, 6) is -5.82. The van der Waals surface area contributed by atoms with Crippen molar-refractivity contribution < 1.29 is 43.9 Å². The maximum absolute atomic E-state index is 13.6. The molecule has 0 aliphatic carbocycles. The van der Waals surface area contributed by atoms with Crippen molar-refractivity contribution in [2.24, 2.45) is 0 Å². The number of ether oxygens (including phenoxy) is 1. The fraction of sp³-hybridized carbons (Fsp3) is 1.00. The average Bonchev–Trinajstić information content (AvgIpc) is 2.43. The molecule has 144 valence electrons. The summed E-state index contributed by atoms with van der Waals surface area (Å²) in [5, 5.41) is -5.26. The quantitative estimate of drug-likeness (QED) is 0.622. The molecular weight excluding hydrogens is 373 g/mol. The number of nitrogens with zero attached hydrogens (tertiary/aromatic N) is 2. The molecule has 0 bridgehead atoms. The van der Waals surface area contributed by atoms with Gasteiger partial charge in [-0.3, -0.25) is 4.90 Å². The fourth-order valence-electron chi connectivity index (χ4n) is 1.91. The molecule has 0 N–H and O–H groups in total. The lowest BCUT2D eigenvalue weighted by atomic mass is 10.2. The first-order valence-corrected chi connectivity index (χ1v) is 8.23. The number of hydrogen-bond acceptors (Lipinski definition) is 4. The molecule has 0 amide bonds. The van der Waals surface area contributed by atoms with Crippen LogP contribution in [0.4, 0.5) is 30.7 Å². The maximum Gasteiger partial charge on any atom is 0.453 e. The molecule has 13 heteroatoms. The lowest BCUT2D eigenvalue weighted by Gasteiger charge is -2.30. The van der Waals surface area contributed by atoms with Gasteiger partial charge in [0.25, 0.3) is 10.0 Å². The van der Waals surface area contributed by atoms with Gasteiger partial charge in [0.15, 0.2) is 0 Å². The van der Waals surface area contributed by atoms with Crippen LogP contribution in [0.25, 0.3) is 0 Å². The molecule has 0 aromatic rings. The number of sulfonamides is 1. The lowest BCUT2D eigenvalue weighted by Crippen LogP contribution is -2.50. The van der Waals surface area contributed by atoms with Crippen LogP contribution in [0.5, 0.6) is 0 Å². The predicted octanol–water partition coefficient (Wildman–Crippen LogP) is 1.76. The molecule has 0 aromatic carbocycles. The van der Waals surface area contributed by atoms with Crippen molar-refractivity contribution in [3.8, 4) is 0 Å². The van der Waals surface area contributed by atoms with Crippen LogP contribution in [-0.2, 0) is 14.8 Å². The summed E-state index contributed by atoms with van der Waals surface area (Å²) in [6.07, 6.45) is -9.42. The van der Waals surface area contributed by atoms with Crippen molar-refractivity contribution in [1.29, 1.82) is 0 Å². The van der Waals surface area contributed by atoms with Crippen LogP contribution >= 0.6 is 0 Å². The largest absolute Gasteiger partial charge is 0.453 e. The van der Waals surface area contributed by atoms with Gasteiger partial charge in [-0.1, -0.05) is 0 Å². The molecule has 1 heterocycles. The highest BCUT2D eigenvalue weighted by Gasteiger charge is 2.65. The molecule has 1 fully saturated rings. The van der Waals surface area contributed by atoms with E-state index in [0.717, 1.165) is 0 Å². The first-order valence-electron chi connectivity index (χ1n) is 6.79. The van der Waals surface area contributed by atoms with E-state index in [-0.39, 0.29) is 10.8 Å². The van der Waals surface area contributed by atoms with Gasteiger partial charge in [0.2, 0.25) is 0 Å². The third kappa shape index (κ3) is 4.92. The van der Waals surface area contributed by atoms with E-state index in [1.165, 1.54) is 0 Å². The molecule has 0 unspecified atom stereocenters. The van der Waals surface area contributed by atoms with Crippen LogP contribution in [0.3, 0.4) is 0 Å². The van der Waals surface area contributed by atoms with E-state index in [0.29, 0.717) is 33.4 Å². The van der Waals surface area contributed by atoms with Crippen molar-refractivity contribution >= 4 is 10.0 Å². The zero-order chi connectivity index (χ0) is 18.8. The van der Waals surface area contributed by atoms with E-state index in [2.05, 4.69) is 0 Å². The monoisotopic (exact) mass is 390 g/mol. The van der Waals surface area contributed by atoms with Gasteiger partial charge in [-0.05, 0) is 0 Å². The van der Waals surface area contributed by atoms with E-state index >= 15 is 0 Å². The second-order valence-corrected chi connectivity index (χ2v) is 7.47. The van der Waals surface area contributed by atoms with Gasteiger partial charge < -0.3 is 4.74 Å². The summed E-state index contributed by atoms with van der Waals surface area (Å²) >= 11 is 0. The summed E-state index contributed by atoms with van der Waals surface area (Å²) in [6.45, 7) is 1.13. The summed E-state index contributed by atoms with van der Waals surface area (Å²) < 4.78 is 117. The smallest absolute Gasteiger partial charge is 0.379 e. The number of rotatable bonds is 7. The minimum absolute atomic E-state index is 0.0187. The number of halogens is 7. The van der Waals surface area contributed by atoms with E-state index in [4.69, 9.17) is 4.74 Å². The molecule has 1 aliphatic heterocycles. The zero-order valence-electron chi connectivity index (χ0n) is 12.6. The summed E-state index contributed by atoms with van der Waals surface area (Å²) in [4.78, 5) is 1.69. The molecule has 0 atom stereocenters. The second-order valence-electron chi connectivity index (χ2n) is 5.30. The molecular formula is C11H17F7N2O3S. The molecule has 1 aliphatic rings. The Labute approximate surface area is 134 Å². The molecule has 24 heavy (non-hydrogen) atoms. The van der Waals surface area contributed by atoms with Crippen LogP contribution in [-0.4, -0.2) is 81.4 Å². The van der Waals surface area contributed by atoms with E-state index < -0.39 is 40.3 Å². The van der Waals surface area contributed by atoms with Gasteiger partial charge in [-0.25, -0.2) is 8.42 Å². The standard InChI is InChI=1S/C11H17F7N2O3S/c1-19(2-3-20-4-6-23-7-5-20)24(21,22)10(14,15)8-9(12,13)11(16,17)18/h2-8H2,1H3. The number of hydrogen-bond donors (Lipinski definition) is 0. The number of morpholine rings is 1. The lowest BCUT2D eigenvalue weighted by molar-refractivity contribution is -0.294. The van der Waals surface area contributed by atoms with Crippen LogP contribution < -0.4 is 0 Å². The second kappa shape index (κ2) is 7.30. The van der Waals surface area contributed by atoms with Gasteiger partial charge in [-0.15, -0.1) is 0 Å². The molecule has 0 radical (unpaired) electrons. The van der Waals surface area contributed by atoms with Gasteiger partial charge in [0.1, 0.15) is 6.42 Å². The van der Waals surface area contributed by atoms with Crippen LogP contribution in [0, 0.1) is 0 Å². The average molecular weight is 390 g/mol. The molecule has 0 saturated carbocycles. The van der Waals surface area contributed by atoms with Gasteiger partial charge in [0.05, 0.1) is 13.2 Å². The Morgan fingerprint density at radius 3 is 2.00 bits per heavy atom. The van der Waals surface area contributed by atoms with Gasteiger partial charge in [-0.2, -0.15) is 35.0 Å². The Morgan fingerprint density at radius 2 is 1.54 bits per heavy atom. The summed E-state index contributed by atoms with van der Waals surface area (Å²) in [6, 6.07) is 0. The Kier molecular flexibility index (Phi) is 6.50. The van der Waals surface area contributed by atoms with E-state index in [9.17, 15) is 39.2 Å². The van der Waals surface area contributed by atoms with Crippen LogP contribution in [0.1, 0.15) is 6.42 Å². The van der Waals surface area contributed by atoms with Crippen molar-refractivity contribution in [3.63, 3.8) is 0 Å². The van der Waals surface area contributed by atoms with Crippen molar-refractivity contribution in [2.45, 2.75) is 23.8 Å². The highest BCUT2D eigenvalue weighted by Crippen LogP contribution is 2.44. The minimum Gasteiger partial charge on any atom is -0.379 e. The van der Waals surface area contributed by atoms with Gasteiger partial charge in [0, 0.05) is 33.2 Å². The topological polar surface area (TPSA) is 49.9 Å². The van der Waals surface area contributed by atoms with Crippen LogP contribution in [0.15, 0.2) is 0 Å². The Hall–Kier alpha value is -0.660. The molecule has 1 rings (SSSR count). The fourth-order valence-corrected chi connectivity index (χ4v) is 3.05. The van der Waals surface area contributed by atoms with E-state index in [1.807, 2.05) is 0 Å². The Morgan fingerprint density at radius 1 is 1.04 bits per heavy atom. The van der Waals surface area contributed by atoms with Crippen molar-refractivity contribution in [2.75, 3.05) is 46.4 Å². The normalized spacial score (nSPS) is 19.0. The van der Waals surface area contributed by atoms with E-state index in [1.54, 1.807) is 4.90 Å². The predicted molar refractivity (Wildman–Crippen MR) is 69.4 cm³/mol. The van der Waals surface area contributed by atoms with Crippen molar-refractivity contribution in [1.82, 2.24) is 9.21 Å². The highest BCUT2D eigenvalue weighted by atomic mass is 32.2. The third-order valence-corrected chi connectivity index (χ3v) is 5.37. The first kappa shape index (κ1) is 21.4. The van der Waals surface area contributed by atoms with Crippen LogP contribution in [0.2, 0.25) is 0 Å². The third-order valence-electron chi connectivity index (χ3n) is 3.47. The van der Waals surface area contributed by atoms with Crippen molar-refractivity contribution in [3.05, 3.63) is 0 Å². The Bertz CT molecular complexity index is 518. The summed E-state index contributed by atoms with van der Waals surface area (Å²) in [7, 11) is -4.97. The molecule has 0 spiro atoms. The minimum atomic E-state index is -6.27. The Balaban J connectivity index is 2.76. The zero-order valence-corrected chi connectivity index (χ0v) is 13.4. The van der Waals surface area contributed by atoms with Gasteiger partial charge >= 0.3 is 17.4 Å². The maximum atomic E-state index is 13.6. The first-order chi connectivity index (χ1) is 10.7. The molecule has 0 aromatic heterocycles. The molecule has 5 nitrogen and oxygen atoms in total. The number of likely N-dealkylation sites (N-methyl/N-ethyl adjacent to an activating group) is 1.